The minimum atomic E-state index is -1.08. The number of nitrogens with zero attached hydrogens (tertiary/aromatic N) is 1. The fourth-order valence-electron chi connectivity index (χ4n) is 6.48. The number of phenolic OH excluding ortho intramolecular Hbond substituents is 1. The van der Waals surface area contributed by atoms with Crippen molar-refractivity contribution in [1.82, 2.24) is 4.90 Å². The summed E-state index contributed by atoms with van der Waals surface area (Å²) in [6.07, 6.45) is 3.73. The van der Waals surface area contributed by atoms with Crippen molar-refractivity contribution in [3.05, 3.63) is 23.3 Å². The maximum absolute atomic E-state index is 12.7. The van der Waals surface area contributed by atoms with Crippen LogP contribution < -0.4 is 4.74 Å². The van der Waals surface area contributed by atoms with E-state index in [1.807, 2.05) is 6.07 Å². The summed E-state index contributed by atoms with van der Waals surface area (Å²) in [7, 11) is 0. The van der Waals surface area contributed by atoms with E-state index in [9.17, 15) is 24.6 Å². The molecule has 1 saturated heterocycles. The van der Waals surface area contributed by atoms with E-state index >= 15 is 0 Å². The van der Waals surface area contributed by atoms with Crippen LogP contribution in [0.2, 0.25) is 0 Å². The van der Waals surface area contributed by atoms with E-state index in [1.165, 1.54) is 12.8 Å². The van der Waals surface area contributed by atoms with Crippen LogP contribution in [0.3, 0.4) is 0 Å². The Labute approximate surface area is 191 Å². The Morgan fingerprint density at radius 1 is 1.12 bits per heavy atom. The van der Waals surface area contributed by atoms with Gasteiger partial charge in [0.15, 0.2) is 23.4 Å². The molecule has 6 rings (SSSR count). The third-order valence-corrected chi connectivity index (χ3v) is 8.11. The largest absolute Gasteiger partial charge is 0.504 e. The van der Waals surface area contributed by atoms with Crippen LogP contribution in [-0.2, 0) is 26.2 Å². The predicted molar refractivity (Wildman–Crippen MR) is 114 cm³/mol. The number of aromatic hydroxyl groups is 1. The fraction of sp³-hybridized carbons (Fsp3) is 0.625. The summed E-state index contributed by atoms with van der Waals surface area (Å²) in [5, 5.41) is 38.1. The summed E-state index contributed by atoms with van der Waals surface area (Å²) in [4.78, 5) is 34.5. The minimum absolute atomic E-state index is 0.0454. The van der Waals surface area contributed by atoms with E-state index in [0.29, 0.717) is 18.6 Å². The molecule has 9 nitrogen and oxygen atoms in total. The molecule has 33 heavy (non-hydrogen) atoms. The van der Waals surface area contributed by atoms with E-state index in [0.717, 1.165) is 43.0 Å². The molecule has 0 radical (unpaired) electrons. The molecule has 0 amide bonds. The van der Waals surface area contributed by atoms with Crippen LogP contribution in [0.4, 0.5) is 0 Å². The SMILES string of the molecule is O=C(O)CCC(=O)O.O=C1CC[C@@]2(O)[C@H]3Cc4ccc(O)c5c4[C@@]2(CCN3CC2CC2)[C@H]1O5. The molecule has 1 aromatic carbocycles. The summed E-state index contributed by atoms with van der Waals surface area (Å²) < 4.78 is 6.04. The second-order valence-corrected chi connectivity index (χ2v) is 10.0. The highest BCUT2D eigenvalue weighted by Crippen LogP contribution is 2.64. The van der Waals surface area contributed by atoms with Gasteiger partial charge >= 0.3 is 11.9 Å². The van der Waals surface area contributed by atoms with E-state index in [1.54, 1.807) is 6.07 Å². The molecule has 0 aromatic heterocycles. The van der Waals surface area contributed by atoms with E-state index in [4.69, 9.17) is 14.9 Å². The molecule has 1 aromatic rings. The maximum Gasteiger partial charge on any atom is 0.303 e. The molecule has 2 bridgehead atoms. The number of piperidine rings is 1. The highest BCUT2D eigenvalue weighted by molar-refractivity contribution is 5.90. The minimum Gasteiger partial charge on any atom is -0.504 e. The third kappa shape index (κ3) is 3.32. The molecule has 2 aliphatic heterocycles. The standard InChI is InChI=1S/C20H23NO4.C4H6O4/c22-13-4-3-12-9-15-20(24)6-5-14(23)18-19(20,16(12)17(13)25-18)7-8-21(15)10-11-1-2-11;5-3(6)1-2-4(7)8/h3-4,11,15,18,22,24H,1-2,5-10H2;1-2H2,(H,5,6)(H,7,8)/t15-,18+,19+,20-;/m1./s1. The Morgan fingerprint density at radius 3 is 2.45 bits per heavy atom. The van der Waals surface area contributed by atoms with Gasteiger partial charge in [-0.1, -0.05) is 6.07 Å². The Bertz CT molecular complexity index is 1010. The predicted octanol–water partition coefficient (Wildman–Crippen LogP) is 1.46. The number of likely N-dealkylation sites (tertiary alicyclic amines) is 1. The third-order valence-electron chi connectivity index (χ3n) is 8.11. The second-order valence-electron chi connectivity index (χ2n) is 10.0. The number of Topliss-reactive ketones (excluding diaryl/α,β-unsaturated/α-hetero) is 1. The van der Waals surface area contributed by atoms with Crippen molar-refractivity contribution in [1.29, 1.82) is 0 Å². The molecule has 4 atom stereocenters. The van der Waals surface area contributed by atoms with Crippen LogP contribution in [0.1, 0.15) is 56.1 Å². The Morgan fingerprint density at radius 2 is 1.82 bits per heavy atom. The van der Waals surface area contributed by atoms with Crippen LogP contribution in [0, 0.1) is 5.92 Å². The number of hydrogen-bond acceptors (Lipinski definition) is 7. The smallest absolute Gasteiger partial charge is 0.303 e. The number of carboxylic acids is 2. The lowest BCUT2D eigenvalue weighted by Gasteiger charge is -2.62. The van der Waals surface area contributed by atoms with Crippen molar-refractivity contribution in [2.45, 2.75) is 74.5 Å². The number of aliphatic hydroxyl groups is 1. The summed E-state index contributed by atoms with van der Waals surface area (Å²) in [5.41, 5.74) is 0.454. The first-order valence-electron chi connectivity index (χ1n) is 11.6. The number of aliphatic carboxylic acids is 2. The zero-order valence-corrected chi connectivity index (χ0v) is 18.3. The van der Waals surface area contributed by atoms with Gasteiger partial charge in [0.1, 0.15) is 0 Å². The summed E-state index contributed by atoms with van der Waals surface area (Å²) in [6, 6.07) is 3.69. The van der Waals surface area contributed by atoms with Crippen LogP contribution in [0.5, 0.6) is 11.5 Å². The van der Waals surface area contributed by atoms with Crippen molar-refractivity contribution in [2.24, 2.45) is 5.92 Å². The topological polar surface area (TPSA) is 145 Å². The highest BCUT2D eigenvalue weighted by atomic mass is 16.5. The van der Waals surface area contributed by atoms with Gasteiger partial charge in [-0.15, -0.1) is 0 Å². The number of carbonyl (C=O) groups is 3. The van der Waals surface area contributed by atoms with Crippen molar-refractivity contribution in [2.75, 3.05) is 13.1 Å². The number of ketones is 1. The van der Waals surface area contributed by atoms with Crippen molar-refractivity contribution in [3.8, 4) is 11.5 Å². The first-order valence-corrected chi connectivity index (χ1v) is 11.6. The van der Waals surface area contributed by atoms with Gasteiger partial charge < -0.3 is 25.2 Å². The molecule has 3 fully saturated rings. The zero-order valence-electron chi connectivity index (χ0n) is 18.3. The average Bonchev–Trinajstić information content (AvgIpc) is 3.50. The van der Waals surface area contributed by atoms with Crippen molar-refractivity contribution in [3.63, 3.8) is 0 Å². The van der Waals surface area contributed by atoms with Gasteiger partial charge in [-0.05, 0) is 56.2 Å². The van der Waals surface area contributed by atoms with Gasteiger partial charge in [0.05, 0.1) is 23.9 Å². The number of rotatable bonds is 5. The molecule has 4 N–H and O–H groups in total. The second kappa shape index (κ2) is 7.70. The maximum atomic E-state index is 12.7. The Kier molecular flexibility index (Phi) is 5.17. The van der Waals surface area contributed by atoms with E-state index in [-0.39, 0.29) is 30.4 Å². The molecule has 3 aliphatic carbocycles. The summed E-state index contributed by atoms with van der Waals surface area (Å²) in [6.45, 7) is 1.95. The first-order chi connectivity index (χ1) is 15.7. The molecule has 5 aliphatic rings. The van der Waals surface area contributed by atoms with Gasteiger partial charge in [0.2, 0.25) is 0 Å². The number of ether oxygens (including phenoxy) is 1. The molecule has 1 spiro atoms. The first kappa shape index (κ1) is 22.2. The van der Waals surface area contributed by atoms with Gasteiger partial charge in [0, 0.05) is 24.6 Å². The lowest BCUT2D eigenvalue weighted by molar-refractivity contribution is -0.188. The highest BCUT2D eigenvalue weighted by Gasteiger charge is 2.73. The molecule has 2 saturated carbocycles. The van der Waals surface area contributed by atoms with E-state index < -0.39 is 29.1 Å². The number of benzene rings is 1. The van der Waals surface area contributed by atoms with Gasteiger partial charge in [-0.3, -0.25) is 19.3 Å². The molecular formula is C24H29NO8. The monoisotopic (exact) mass is 459 g/mol. The number of carbonyl (C=O) groups excluding carboxylic acids is 1. The molecule has 9 heteroatoms. The molecule has 2 heterocycles. The van der Waals surface area contributed by atoms with Gasteiger partial charge in [0.25, 0.3) is 0 Å². The zero-order chi connectivity index (χ0) is 23.5. The Balaban J connectivity index is 0.000000249. The van der Waals surface area contributed by atoms with Gasteiger partial charge in [-0.2, -0.15) is 0 Å². The summed E-state index contributed by atoms with van der Waals surface area (Å²) >= 11 is 0. The fourth-order valence-corrected chi connectivity index (χ4v) is 6.48. The number of hydrogen-bond donors (Lipinski definition) is 4. The lowest BCUT2D eigenvalue weighted by Crippen LogP contribution is -2.76. The van der Waals surface area contributed by atoms with Crippen molar-refractivity contribution >= 4 is 17.7 Å². The quantitative estimate of drug-likeness (QED) is 0.514. The number of carboxylic acid groups (broad SMARTS) is 2. The van der Waals surface area contributed by atoms with Crippen LogP contribution in [0.25, 0.3) is 0 Å². The number of phenols is 1. The molecular weight excluding hydrogens is 430 g/mol. The van der Waals surface area contributed by atoms with Crippen molar-refractivity contribution < 1.29 is 39.5 Å². The lowest BCUT2D eigenvalue weighted by atomic mass is 9.49. The molecule has 0 unspecified atom stereocenters. The normalized spacial score (nSPS) is 33.4. The van der Waals surface area contributed by atoms with Crippen LogP contribution in [0.15, 0.2) is 12.1 Å². The summed E-state index contributed by atoms with van der Waals surface area (Å²) in [5.74, 6) is -0.764. The van der Waals surface area contributed by atoms with Gasteiger partial charge in [-0.25, -0.2) is 0 Å². The van der Waals surface area contributed by atoms with E-state index in [2.05, 4.69) is 4.90 Å². The Hall–Kier alpha value is -2.65. The molecule has 178 valence electrons. The van der Waals surface area contributed by atoms with Crippen LogP contribution in [-0.4, -0.2) is 73.9 Å². The average molecular weight is 459 g/mol. The van der Waals surface area contributed by atoms with Crippen LogP contribution >= 0.6 is 0 Å².